The van der Waals surface area contributed by atoms with Gasteiger partial charge in [-0.15, -0.1) is 0 Å². The van der Waals surface area contributed by atoms with Gasteiger partial charge in [-0.25, -0.2) is 0 Å². The normalized spacial score (nSPS) is 11.9. The third kappa shape index (κ3) is 3.72. The zero-order chi connectivity index (χ0) is 17.8. The summed E-state index contributed by atoms with van der Waals surface area (Å²) in [7, 11) is 0. The first-order valence-corrected chi connectivity index (χ1v) is 9.23. The Labute approximate surface area is 154 Å². The SMILES string of the molecule is CC/C=C(/O)c1ccc2cccc(-c3ccc(CCC)cc3Cl)c2c1. The van der Waals surface area contributed by atoms with Crippen molar-refractivity contribution < 1.29 is 5.11 Å². The maximum atomic E-state index is 10.2. The van der Waals surface area contributed by atoms with Crippen LogP contribution in [0.3, 0.4) is 0 Å². The quantitative estimate of drug-likeness (QED) is 0.474. The number of benzene rings is 3. The predicted octanol–water partition coefficient (Wildman–Crippen LogP) is 7.42. The van der Waals surface area contributed by atoms with E-state index in [1.54, 1.807) is 0 Å². The minimum absolute atomic E-state index is 0.323. The first kappa shape index (κ1) is 17.6. The van der Waals surface area contributed by atoms with Gasteiger partial charge in [0, 0.05) is 16.1 Å². The van der Waals surface area contributed by atoms with Crippen LogP contribution in [0.2, 0.25) is 5.02 Å². The van der Waals surface area contributed by atoms with Crippen LogP contribution in [0.15, 0.2) is 60.7 Å². The summed E-state index contributed by atoms with van der Waals surface area (Å²) in [6.45, 7) is 4.19. The van der Waals surface area contributed by atoms with Crippen LogP contribution in [0.4, 0.5) is 0 Å². The van der Waals surface area contributed by atoms with Gasteiger partial charge in [0.25, 0.3) is 0 Å². The van der Waals surface area contributed by atoms with Crippen molar-refractivity contribution in [3.8, 4) is 11.1 Å². The monoisotopic (exact) mass is 350 g/mol. The summed E-state index contributed by atoms with van der Waals surface area (Å²) in [5.74, 6) is 0.323. The summed E-state index contributed by atoms with van der Waals surface area (Å²) in [4.78, 5) is 0. The standard InChI is InChI=1S/C23H23ClO/c1-3-6-16-10-13-20(22(24)14-16)19-9-5-8-17-11-12-18(15-21(17)19)23(25)7-4-2/h5,7-15,25H,3-4,6H2,1-2H3/b23-7+. The van der Waals surface area contributed by atoms with Crippen LogP contribution in [-0.4, -0.2) is 5.11 Å². The molecule has 1 nitrogen and oxygen atoms in total. The number of allylic oxidation sites excluding steroid dienone is 1. The molecule has 0 unspecified atom stereocenters. The molecule has 0 fully saturated rings. The molecule has 0 aliphatic rings. The second-order valence-corrected chi connectivity index (χ2v) is 6.71. The van der Waals surface area contributed by atoms with Crippen molar-refractivity contribution in [2.45, 2.75) is 33.1 Å². The molecule has 0 aliphatic heterocycles. The fourth-order valence-electron chi connectivity index (χ4n) is 3.20. The van der Waals surface area contributed by atoms with Crippen molar-refractivity contribution in [2.75, 3.05) is 0 Å². The molecule has 3 aromatic rings. The van der Waals surface area contributed by atoms with E-state index < -0.39 is 0 Å². The highest BCUT2D eigenvalue weighted by atomic mass is 35.5. The highest BCUT2D eigenvalue weighted by Gasteiger charge is 2.10. The average Bonchev–Trinajstić information content (AvgIpc) is 2.61. The van der Waals surface area contributed by atoms with E-state index in [9.17, 15) is 5.11 Å². The van der Waals surface area contributed by atoms with Crippen molar-refractivity contribution in [2.24, 2.45) is 0 Å². The van der Waals surface area contributed by atoms with E-state index in [0.717, 1.165) is 51.7 Å². The van der Waals surface area contributed by atoms with Gasteiger partial charge < -0.3 is 5.11 Å². The van der Waals surface area contributed by atoms with E-state index in [2.05, 4.69) is 43.3 Å². The van der Waals surface area contributed by atoms with Crippen molar-refractivity contribution in [3.63, 3.8) is 0 Å². The van der Waals surface area contributed by atoms with Gasteiger partial charge in [-0.3, -0.25) is 0 Å². The number of fused-ring (bicyclic) bond motifs is 1. The smallest absolute Gasteiger partial charge is 0.118 e. The number of hydrogen-bond donors (Lipinski definition) is 1. The van der Waals surface area contributed by atoms with Gasteiger partial charge >= 0.3 is 0 Å². The third-order valence-electron chi connectivity index (χ3n) is 4.44. The maximum absolute atomic E-state index is 10.2. The van der Waals surface area contributed by atoms with Crippen molar-refractivity contribution in [1.82, 2.24) is 0 Å². The molecule has 0 aliphatic carbocycles. The highest BCUT2D eigenvalue weighted by Crippen LogP contribution is 2.35. The summed E-state index contributed by atoms with van der Waals surface area (Å²) >= 11 is 6.59. The predicted molar refractivity (Wildman–Crippen MR) is 109 cm³/mol. The van der Waals surface area contributed by atoms with E-state index in [4.69, 9.17) is 11.6 Å². The van der Waals surface area contributed by atoms with Gasteiger partial charge in [-0.1, -0.05) is 74.3 Å². The summed E-state index contributed by atoms with van der Waals surface area (Å²) in [6.07, 6.45) is 4.78. The van der Waals surface area contributed by atoms with E-state index in [-0.39, 0.29) is 0 Å². The molecule has 0 saturated carbocycles. The molecule has 0 atom stereocenters. The molecule has 0 heterocycles. The first-order valence-electron chi connectivity index (χ1n) is 8.85. The second kappa shape index (κ2) is 7.76. The number of aliphatic hydroxyl groups is 1. The van der Waals surface area contributed by atoms with E-state index in [0.29, 0.717) is 5.76 Å². The molecule has 0 saturated heterocycles. The lowest BCUT2D eigenvalue weighted by Crippen LogP contribution is -1.89. The molecule has 1 N–H and O–H groups in total. The molecule has 128 valence electrons. The maximum Gasteiger partial charge on any atom is 0.118 e. The zero-order valence-corrected chi connectivity index (χ0v) is 15.5. The van der Waals surface area contributed by atoms with Gasteiger partial charge in [-0.05, 0) is 52.9 Å². The summed E-state index contributed by atoms with van der Waals surface area (Å²) in [6, 6.07) is 18.6. The molecule has 25 heavy (non-hydrogen) atoms. The van der Waals surface area contributed by atoms with Crippen LogP contribution in [0.25, 0.3) is 27.7 Å². The zero-order valence-electron chi connectivity index (χ0n) is 14.7. The Bertz CT molecular complexity index is 925. The number of aliphatic hydroxyl groups excluding tert-OH is 1. The summed E-state index contributed by atoms with van der Waals surface area (Å²) < 4.78 is 0. The van der Waals surface area contributed by atoms with Crippen LogP contribution < -0.4 is 0 Å². The molecule has 0 amide bonds. The van der Waals surface area contributed by atoms with Gasteiger partial charge in [0.05, 0.1) is 0 Å². The van der Waals surface area contributed by atoms with Gasteiger partial charge in [0.15, 0.2) is 0 Å². The lowest BCUT2D eigenvalue weighted by atomic mass is 9.95. The average molecular weight is 351 g/mol. The summed E-state index contributed by atoms with van der Waals surface area (Å²) in [5.41, 5.74) is 4.22. The Kier molecular flexibility index (Phi) is 5.45. The highest BCUT2D eigenvalue weighted by molar-refractivity contribution is 6.33. The second-order valence-electron chi connectivity index (χ2n) is 6.30. The molecule has 0 radical (unpaired) electrons. The van der Waals surface area contributed by atoms with Crippen LogP contribution in [0, 0.1) is 0 Å². The molecule has 0 aromatic heterocycles. The minimum Gasteiger partial charge on any atom is -0.508 e. The van der Waals surface area contributed by atoms with Crippen LogP contribution in [0.5, 0.6) is 0 Å². The van der Waals surface area contributed by atoms with Crippen molar-refractivity contribution in [1.29, 1.82) is 0 Å². The van der Waals surface area contributed by atoms with E-state index in [1.807, 2.05) is 31.2 Å². The Hall–Kier alpha value is -2.25. The molecule has 3 rings (SSSR count). The van der Waals surface area contributed by atoms with Gasteiger partial charge in [0.2, 0.25) is 0 Å². The fraction of sp³-hybridized carbons (Fsp3) is 0.217. The Morgan fingerprint density at radius 2 is 1.84 bits per heavy atom. The molecular weight excluding hydrogens is 328 g/mol. The molecule has 2 heteroatoms. The lowest BCUT2D eigenvalue weighted by molar-refractivity contribution is 0.510. The number of aryl methyl sites for hydroxylation is 1. The fourth-order valence-corrected chi connectivity index (χ4v) is 3.50. The number of hydrogen-bond acceptors (Lipinski definition) is 1. The van der Waals surface area contributed by atoms with E-state index >= 15 is 0 Å². The summed E-state index contributed by atoms with van der Waals surface area (Å²) in [5, 5.41) is 13.2. The number of rotatable bonds is 5. The Morgan fingerprint density at radius 3 is 2.56 bits per heavy atom. The topological polar surface area (TPSA) is 20.2 Å². The van der Waals surface area contributed by atoms with Crippen LogP contribution >= 0.6 is 11.6 Å². The lowest BCUT2D eigenvalue weighted by Gasteiger charge is -2.12. The Morgan fingerprint density at radius 1 is 1.00 bits per heavy atom. The van der Waals surface area contributed by atoms with Crippen LogP contribution in [-0.2, 0) is 6.42 Å². The Balaban J connectivity index is 2.16. The number of halogens is 1. The molecular formula is C23H23ClO. The molecule has 3 aromatic carbocycles. The largest absolute Gasteiger partial charge is 0.508 e. The first-order chi connectivity index (χ1) is 12.1. The van der Waals surface area contributed by atoms with Gasteiger partial charge in [0.1, 0.15) is 5.76 Å². The van der Waals surface area contributed by atoms with Crippen molar-refractivity contribution >= 4 is 28.1 Å². The third-order valence-corrected chi connectivity index (χ3v) is 4.75. The van der Waals surface area contributed by atoms with E-state index in [1.165, 1.54) is 5.56 Å². The molecule has 0 spiro atoms. The molecule has 0 bridgehead atoms. The van der Waals surface area contributed by atoms with Crippen molar-refractivity contribution in [3.05, 3.63) is 76.8 Å². The van der Waals surface area contributed by atoms with Crippen LogP contribution in [0.1, 0.15) is 37.8 Å². The van der Waals surface area contributed by atoms with Gasteiger partial charge in [-0.2, -0.15) is 0 Å². The minimum atomic E-state index is 0.323.